The normalized spacial score (nSPS) is 11.7. The number of benzene rings is 1. The minimum absolute atomic E-state index is 0.166. The summed E-state index contributed by atoms with van der Waals surface area (Å²) in [5.41, 5.74) is 5.43. The number of nitrogens with two attached hydrogens (primary N) is 1. The van der Waals surface area contributed by atoms with Gasteiger partial charge in [0.2, 0.25) is 0 Å². The molecule has 0 bridgehead atoms. The molecule has 0 saturated carbocycles. The second-order valence-corrected chi connectivity index (χ2v) is 3.69. The zero-order valence-corrected chi connectivity index (χ0v) is 10.2. The number of carbonyl (C=O) groups is 2. The second kappa shape index (κ2) is 6.00. The van der Waals surface area contributed by atoms with Gasteiger partial charge < -0.3 is 15.8 Å². The van der Waals surface area contributed by atoms with Crippen LogP contribution >= 0.6 is 0 Å². The first-order chi connectivity index (χ1) is 8.45. The van der Waals surface area contributed by atoms with Gasteiger partial charge in [-0.3, -0.25) is 4.79 Å². The molecule has 0 aliphatic rings. The van der Waals surface area contributed by atoms with E-state index in [4.69, 9.17) is 10.5 Å². The predicted octanol–water partition coefficient (Wildman–Crippen LogP) is 1.09. The maximum absolute atomic E-state index is 13.4. The fraction of sp³-hybridized carbons (Fsp3) is 0.333. The summed E-state index contributed by atoms with van der Waals surface area (Å²) >= 11 is 0. The molecule has 1 atom stereocenters. The van der Waals surface area contributed by atoms with Gasteiger partial charge >= 0.3 is 5.97 Å². The molecule has 0 spiro atoms. The van der Waals surface area contributed by atoms with E-state index in [9.17, 15) is 14.0 Å². The Morgan fingerprint density at radius 3 is 2.72 bits per heavy atom. The van der Waals surface area contributed by atoms with Gasteiger partial charge in [-0.05, 0) is 32.0 Å². The number of rotatable bonds is 4. The molecule has 0 radical (unpaired) electrons. The Bertz CT molecular complexity index is 463. The third kappa shape index (κ3) is 3.44. The summed E-state index contributed by atoms with van der Waals surface area (Å²) in [5, 5.41) is 2.35. The molecule has 1 aromatic carbocycles. The van der Waals surface area contributed by atoms with Crippen molar-refractivity contribution >= 4 is 17.6 Å². The van der Waals surface area contributed by atoms with Gasteiger partial charge in [0.15, 0.2) is 0 Å². The van der Waals surface area contributed by atoms with Gasteiger partial charge in [-0.2, -0.15) is 0 Å². The number of amides is 1. The third-order valence-electron chi connectivity index (χ3n) is 2.23. The molecular formula is C12H15FN2O3. The Morgan fingerprint density at radius 1 is 1.50 bits per heavy atom. The van der Waals surface area contributed by atoms with E-state index in [2.05, 4.69) is 5.32 Å². The van der Waals surface area contributed by atoms with Crippen molar-refractivity contribution in [3.05, 3.63) is 29.6 Å². The molecule has 98 valence electrons. The van der Waals surface area contributed by atoms with Gasteiger partial charge in [0.05, 0.1) is 12.2 Å². The first-order valence-electron chi connectivity index (χ1n) is 5.48. The van der Waals surface area contributed by atoms with Crippen LogP contribution in [-0.4, -0.2) is 24.5 Å². The highest BCUT2D eigenvalue weighted by Gasteiger charge is 2.19. The maximum atomic E-state index is 13.4. The molecule has 1 rings (SSSR count). The zero-order chi connectivity index (χ0) is 13.7. The Balaban J connectivity index is 2.73. The number of hydrogen-bond acceptors (Lipinski definition) is 4. The summed E-state index contributed by atoms with van der Waals surface area (Å²) in [5.74, 6) is -1.99. The van der Waals surface area contributed by atoms with Gasteiger partial charge in [0, 0.05) is 5.69 Å². The molecule has 0 fully saturated rings. The average molecular weight is 254 g/mol. The Kier molecular flexibility index (Phi) is 4.65. The fourth-order valence-corrected chi connectivity index (χ4v) is 1.32. The minimum atomic E-state index is -0.839. The van der Waals surface area contributed by atoms with E-state index in [1.165, 1.54) is 19.1 Å². The number of nitrogens with one attached hydrogen (secondary N) is 1. The highest BCUT2D eigenvalue weighted by molar-refractivity contribution is 5.97. The summed E-state index contributed by atoms with van der Waals surface area (Å²) in [6.07, 6.45) is 0. The topological polar surface area (TPSA) is 81.4 Å². The van der Waals surface area contributed by atoms with Crippen molar-refractivity contribution in [1.82, 2.24) is 5.32 Å². The van der Waals surface area contributed by atoms with Crippen LogP contribution in [0, 0.1) is 5.82 Å². The highest BCUT2D eigenvalue weighted by atomic mass is 19.1. The molecule has 0 heterocycles. The lowest BCUT2D eigenvalue weighted by Gasteiger charge is -2.13. The lowest BCUT2D eigenvalue weighted by Crippen LogP contribution is -2.39. The summed E-state index contributed by atoms with van der Waals surface area (Å²) in [6, 6.07) is 2.88. The standard InChI is InChI=1S/C12H15FN2O3/c1-3-18-12(17)7(2)15-11(16)9-5-4-8(14)6-10(9)13/h4-7H,3,14H2,1-2H3,(H,15,16)/t7-/m1/s1. The summed E-state index contributed by atoms with van der Waals surface area (Å²) in [6.45, 7) is 3.34. The summed E-state index contributed by atoms with van der Waals surface area (Å²) in [4.78, 5) is 23.0. The molecule has 3 N–H and O–H groups in total. The quantitative estimate of drug-likeness (QED) is 0.622. The number of ether oxygens (including phenoxy) is 1. The molecule has 18 heavy (non-hydrogen) atoms. The third-order valence-corrected chi connectivity index (χ3v) is 2.23. The number of hydrogen-bond donors (Lipinski definition) is 2. The Hall–Kier alpha value is -2.11. The highest BCUT2D eigenvalue weighted by Crippen LogP contribution is 2.11. The number of nitrogen functional groups attached to an aromatic ring is 1. The molecule has 1 aromatic rings. The van der Waals surface area contributed by atoms with Gasteiger partial charge in [-0.15, -0.1) is 0 Å². The first kappa shape index (κ1) is 14.0. The van der Waals surface area contributed by atoms with E-state index >= 15 is 0 Å². The predicted molar refractivity (Wildman–Crippen MR) is 64.4 cm³/mol. The van der Waals surface area contributed by atoms with Gasteiger partial charge in [-0.1, -0.05) is 0 Å². The fourth-order valence-electron chi connectivity index (χ4n) is 1.32. The van der Waals surface area contributed by atoms with E-state index in [0.717, 1.165) is 6.07 Å². The smallest absolute Gasteiger partial charge is 0.328 e. The molecule has 0 unspecified atom stereocenters. The number of halogens is 1. The van der Waals surface area contributed by atoms with Crippen LogP contribution in [0.1, 0.15) is 24.2 Å². The largest absolute Gasteiger partial charge is 0.464 e. The van der Waals surface area contributed by atoms with Crippen molar-refractivity contribution in [2.45, 2.75) is 19.9 Å². The van der Waals surface area contributed by atoms with Crippen molar-refractivity contribution in [3.63, 3.8) is 0 Å². The van der Waals surface area contributed by atoms with E-state index in [0.29, 0.717) is 0 Å². The van der Waals surface area contributed by atoms with Crippen LogP contribution in [0.4, 0.5) is 10.1 Å². The Labute approximate surface area is 104 Å². The van der Waals surface area contributed by atoms with Gasteiger partial charge in [0.25, 0.3) is 5.91 Å². The SMILES string of the molecule is CCOC(=O)[C@@H](C)NC(=O)c1ccc(N)cc1F. The lowest BCUT2D eigenvalue weighted by molar-refractivity contribution is -0.144. The lowest BCUT2D eigenvalue weighted by atomic mass is 10.1. The van der Waals surface area contributed by atoms with E-state index in [-0.39, 0.29) is 17.9 Å². The summed E-state index contributed by atoms with van der Waals surface area (Å²) in [7, 11) is 0. The zero-order valence-electron chi connectivity index (χ0n) is 10.2. The second-order valence-electron chi connectivity index (χ2n) is 3.69. The first-order valence-corrected chi connectivity index (χ1v) is 5.48. The number of carbonyl (C=O) groups excluding carboxylic acids is 2. The maximum Gasteiger partial charge on any atom is 0.328 e. The molecule has 0 aliphatic carbocycles. The summed E-state index contributed by atoms with van der Waals surface area (Å²) < 4.78 is 18.2. The van der Waals surface area contributed by atoms with Gasteiger partial charge in [0.1, 0.15) is 11.9 Å². The van der Waals surface area contributed by atoms with Crippen molar-refractivity contribution < 1.29 is 18.7 Å². The molecule has 5 nitrogen and oxygen atoms in total. The van der Waals surface area contributed by atoms with Crippen LogP contribution in [0.15, 0.2) is 18.2 Å². The number of anilines is 1. The van der Waals surface area contributed by atoms with Crippen LogP contribution < -0.4 is 11.1 Å². The van der Waals surface area contributed by atoms with E-state index < -0.39 is 23.7 Å². The Morgan fingerprint density at radius 2 is 2.17 bits per heavy atom. The average Bonchev–Trinajstić information content (AvgIpc) is 2.28. The van der Waals surface area contributed by atoms with Crippen molar-refractivity contribution in [3.8, 4) is 0 Å². The van der Waals surface area contributed by atoms with Crippen LogP contribution in [0.2, 0.25) is 0 Å². The molecule has 0 saturated heterocycles. The van der Waals surface area contributed by atoms with E-state index in [1.807, 2.05) is 0 Å². The monoisotopic (exact) mass is 254 g/mol. The van der Waals surface area contributed by atoms with Crippen LogP contribution in [0.25, 0.3) is 0 Å². The van der Waals surface area contributed by atoms with Crippen molar-refractivity contribution in [2.24, 2.45) is 0 Å². The molecule has 6 heteroatoms. The van der Waals surface area contributed by atoms with E-state index in [1.54, 1.807) is 6.92 Å². The van der Waals surface area contributed by atoms with Gasteiger partial charge in [-0.25, -0.2) is 9.18 Å². The van der Waals surface area contributed by atoms with Crippen LogP contribution in [0.5, 0.6) is 0 Å². The molecule has 0 aliphatic heterocycles. The van der Waals surface area contributed by atoms with Crippen LogP contribution in [-0.2, 0) is 9.53 Å². The molecule has 1 amide bonds. The van der Waals surface area contributed by atoms with Crippen LogP contribution in [0.3, 0.4) is 0 Å². The minimum Gasteiger partial charge on any atom is -0.464 e. The number of esters is 1. The van der Waals surface area contributed by atoms with Crippen molar-refractivity contribution in [1.29, 1.82) is 0 Å². The molecule has 0 aromatic heterocycles. The van der Waals surface area contributed by atoms with Crippen molar-refractivity contribution in [2.75, 3.05) is 12.3 Å². The molecular weight excluding hydrogens is 239 g/mol.